The van der Waals surface area contributed by atoms with Crippen LogP contribution in [0.15, 0.2) is 39.5 Å². The molecule has 0 radical (unpaired) electrons. The molecule has 44 heavy (non-hydrogen) atoms. The van der Waals surface area contributed by atoms with Crippen LogP contribution in [0.4, 0.5) is 0 Å². The number of hydrogen-bond acceptors (Lipinski definition) is 17. The van der Waals surface area contributed by atoms with Crippen molar-refractivity contribution in [2.45, 2.75) is 61.4 Å². The first-order valence-corrected chi connectivity index (χ1v) is 13.2. The average Bonchev–Trinajstić information content (AvgIpc) is 3.00. The van der Waals surface area contributed by atoms with Gasteiger partial charge in [-0.3, -0.25) is 4.79 Å². The van der Waals surface area contributed by atoms with E-state index < -0.39 is 120 Å². The van der Waals surface area contributed by atoms with Crippen LogP contribution in [0.25, 0.3) is 22.3 Å². The van der Waals surface area contributed by atoms with Crippen LogP contribution < -0.4 is 10.2 Å². The lowest BCUT2D eigenvalue weighted by molar-refractivity contribution is -0.358. The van der Waals surface area contributed by atoms with Gasteiger partial charge >= 0.3 is 0 Å². The maximum atomic E-state index is 12.9. The van der Waals surface area contributed by atoms with Gasteiger partial charge in [-0.25, -0.2) is 0 Å². The van der Waals surface area contributed by atoms with Crippen LogP contribution in [0.1, 0.15) is 0 Å². The zero-order chi connectivity index (χ0) is 32.0. The summed E-state index contributed by atoms with van der Waals surface area (Å²) in [6.07, 6.45) is -17.6. The molecule has 0 unspecified atom stereocenters. The SMILES string of the molecule is O=c1cc(-c2ccc(O)c(O)c2)oc2c(O)c(O[C@@H]3O[C@H](CO)[C@@H](O)[C@H](O)[C@H]3O[C@@H]3O[C@H](CO)[C@@H](O)[C@@H](O)[C@H]3O)cc(O)c12. The molecule has 17 heteroatoms. The number of rotatable bonds is 7. The fraction of sp³-hybridized carbons (Fsp3) is 0.444. The first-order valence-electron chi connectivity index (χ1n) is 13.2. The van der Waals surface area contributed by atoms with Gasteiger partial charge in [-0.2, -0.15) is 0 Å². The van der Waals surface area contributed by atoms with Crippen molar-refractivity contribution < 1.29 is 79.5 Å². The maximum Gasteiger partial charge on any atom is 0.229 e. The van der Waals surface area contributed by atoms with E-state index in [1.165, 1.54) is 6.07 Å². The first kappa shape index (κ1) is 31.7. The van der Waals surface area contributed by atoms with E-state index in [9.17, 15) is 61.0 Å². The lowest BCUT2D eigenvalue weighted by Gasteiger charge is -2.45. The summed E-state index contributed by atoms with van der Waals surface area (Å²) in [4.78, 5) is 12.9. The Kier molecular flexibility index (Phi) is 8.87. The molecule has 10 atom stereocenters. The molecule has 0 aliphatic carbocycles. The Labute approximate surface area is 246 Å². The molecule has 3 aromatic rings. The molecule has 2 fully saturated rings. The number of hydrogen-bond donors (Lipinski definition) is 11. The molecule has 0 bridgehead atoms. The Bertz CT molecular complexity index is 1560. The highest BCUT2D eigenvalue weighted by molar-refractivity contribution is 5.91. The van der Waals surface area contributed by atoms with E-state index in [4.69, 9.17) is 23.4 Å². The van der Waals surface area contributed by atoms with Crippen molar-refractivity contribution in [1.82, 2.24) is 0 Å². The van der Waals surface area contributed by atoms with E-state index in [2.05, 4.69) is 0 Å². The summed E-state index contributed by atoms with van der Waals surface area (Å²) in [5, 5.41) is 112. The van der Waals surface area contributed by atoms with E-state index in [1.54, 1.807) is 0 Å². The Morgan fingerprint density at radius 3 is 1.98 bits per heavy atom. The van der Waals surface area contributed by atoms with Gasteiger partial charge < -0.3 is 79.5 Å². The first-order chi connectivity index (χ1) is 20.9. The molecule has 240 valence electrons. The molecule has 2 aliphatic rings. The molecule has 0 spiro atoms. The van der Waals surface area contributed by atoms with Gasteiger partial charge in [-0.05, 0) is 18.2 Å². The van der Waals surface area contributed by atoms with Gasteiger partial charge in [0.15, 0.2) is 40.7 Å². The second-order valence-electron chi connectivity index (χ2n) is 10.2. The maximum absolute atomic E-state index is 12.9. The van der Waals surface area contributed by atoms with Gasteiger partial charge in [-0.1, -0.05) is 0 Å². The molecule has 11 N–H and O–H groups in total. The van der Waals surface area contributed by atoms with Gasteiger partial charge in [0, 0.05) is 17.7 Å². The van der Waals surface area contributed by atoms with Crippen LogP contribution >= 0.6 is 0 Å². The van der Waals surface area contributed by atoms with Gasteiger partial charge in [0.1, 0.15) is 59.6 Å². The topological polar surface area (TPSA) is 290 Å². The number of aromatic hydroxyl groups is 4. The lowest BCUT2D eigenvalue weighted by atomic mass is 9.97. The summed E-state index contributed by atoms with van der Waals surface area (Å²) >= 11 is 0. The van der Waals surface area contributed by atoms with Crippen LogP contribution in [0.3, 0.4) is 0 Å². The second-order valence-corrected chi connectivity index (χ2v) is 10.2. The Hall–Kier alpha value is -3.75. The zero-order valence-electron chi connectivity index (χ0n) is 22.4. The number of phenolic OH excluding ortho intramolecular Hbond substituents is 4. The van der Waals surface area contributed by atoms with Crippen LogP contribution in [-0.4, -0.2) is 131 Å². The minimum atomic E-state index is -1.93. The summed E-state index contributed by atoms with van der Waals surface area (Å²) in [6.45, 7) is -1.64. The summed E-state index contributed by atoms with van der Waals surface area (Å²) in [6, 6.07) is 5.27. The molecule has 3 heterocycles. The molecule has 5 rings (SSSR count). The summed E-state index contributed by atoms with van der Waals surface area (Å²) in [5.41, 5.74) is -1.29. The molecule has 0 saturated carbocycles. The van der Waals surface area contributed by atoms with Crippen molar-refractivity contribution in [1.29, 1.82) is 0 Å². The molecular weight excluding hydrogens is 596 g/mol. The molecule has 17 nitrogen and oxygen atoms in total. The van der Waals surface area contributed by atoms with Crippen molar-refractivity contribution in [2.75, 3.05) is 13.2 Å². The molecule has 1 aromatic heterocycles. The zero-order valence-corrected chi connectivity index (χ0v) is 22.4. The highest BCUT2D eigenvalue weighted by Crippen LogP contribution is 2.42. The van der Waals surface area contributed by atoms with Gasteiger partial charge in [0.05, 0.1) is 13.2 Å². The third-order valence-corrected chi connectivity index (χ3v) is 7.39. The average molecular weight is 627 g/mol. The third-order valence-electron chi connectivity index (χ3n) is 7.39. The van der Waals surface area contributed by atoms with Crippen molar-refractivity contribution >= 4 is 11.0 Å². The number of phenols is 4. The minimum Gasteiger partial charge on any atom is -0.507 e. The second kappa shape index (κ2) is 12.3. The van der Waals surface area contributed by atoms with Crippen LogP contribution in [0.2, 0.25) is 0 Å². The number of aliphatic hydroxyl groups excluding tert-OH is 7. The smallest absolute Gasteiger partial charge is 0.229 e. The number of fused-ring (bicyclic) bond motifs is 1. The normalized spacial score (nSPS) is 32.5. The third kappa shape index (κ3) is 5.61. The van der Waals surface area contributed by atoms with E-state index in [-0.39, 0.29) is 11.3 Å². The summed E-state index contributed by atoms with van der Waals surface area (Å²) < 4.78 is 27.7. The van der Waals surface area contributed by atoms with E-state index in [0.717, 1.165) is 24.3 Å². The molecule has 2 aromatic carbocycles. The van der Waals surface area contributed by atoms with Crippen molar-refractivity contribution in [3.05, 3.63) is 40.6 Å². The molecule has 2 saturated heterocycles. The minimum absolute atomic E-state index is 0.107. The fourth-order valence-electron chi connectivity index (χ4n) is 4.94. The van der Waals surface area contributed by atoms with E-state index >= 15 is 0 Å². The van der Waals surface area contributed by atoms with Crippen LogP contribution in [0, 0.1) is 0 Å². The van der Waals surface area contributed by atoms with Crippen molar-refractivity contribution in [3.8, 4) is 40.1 Å². The molecule has 2 aliphatic heterocycles. The lowest BCUT2D eigenvalue weighted by Crippen LogP contribution is -2.65. The highest BCUT2D eigenvalue weighted by Gasteiger charge is 2.51. The van der Waals surface area contributed by atoms with Crippen molar-refractivity contribution in [2.24, 2.45) is 0 Å². The summed E-state index contributed by atoms with van der Waals surface area (Å²) in [5.74, 6) is -3.39. The monoisotopic (exact) mass is 626 g/mol. The highest BCUT2D eigenvalue weighted by atomic mass is 16.8. The van der Waals surface area contributed by atoms with Crippen molar-refractivity contribution in [3.63, 3.8) is 0 Å². The largest absolute Gasteiger partial charge is 0.507 e. The van der Waals surface area contributed by atoms with Gasteiger partial charge in [0.25, 0.3) is 0 Å². The quantitative estimate of drug-likeness (QED) is 0.0938. The Morgan fingerprint density at radius 2 is 1.34 bits per heavy atom. The van der Waals surface area contributed by atoms with E-state index in [0.29, 0.717) is 0 Å². The van der Waals surface area contributed by atoms with Crippen LogP contribution in [0.5, 0.6) is 28.7 Å². The standard InChI is InChI=1S/C27H30O17/c28-6-15-18(34)21(37)23(39)26(42-15)44-25-22(38)19(35)16(7-29)43-27(25)41-14-5-12(33)17-11(32)4-13(40-24(17)20(14)36)8-1-2-9(30)10(31)3-8/h1-5,15-16,18-19,21-23,25-31,33-39H,6-7H2/t15-,16-,18-,19-,21-,22+,23-,25-,26+,27-/m1/s1. The molecular formula is C27H30O17. The van der Waals surface area contributed by atoms with E-state index in [1.807, 2.05) is 0 Å². The number of ether oxygens (including phenoxy) is 4. The van der Waals surface area contributed by atoms with Gasteiger partial charge in [-0.15, -0.1) is 0 Å². The number of aliphatic hydroxyl groups is 7. The van der Waals surface area contributed by atoms with Gasteiger partial charge in [0.2, 0.25) is 12.0 Å². The predicted octanol–water partition coefficient (Wildman–Crippen LogP) is -2.71. The Morgan fingerprint density at radius 1 is 0.705 bits per heavy atom. The Balaban J connectivity index is 1.52. The van der Waals surface area contributed by atoms with Crippen LogP contribution in [-0.2, 0) is 14.2 Å². The predicted molar refractivity (Wildman–Crippen MR) is 142 cm³/mol. The summed E-state index contributed by atoms with van der Waals surface area (Å²) in [7, 11) is 0. The molecule has 0 amide bonds. The number of benzene rings is 2. The fourth-order valence-corrected chi connectivity index (χ4v) is 4.94.